The maximum absolute atomic E-state index is 5.74. The molecule has 0 bridgehead atoms. The van der Waals surface area contributed by atoms with Crippen LogP contribution in [0.3, 0.4) is 0 Å². The van der Waals surface area contributed by atoms with E-state index in [-0.39, 0.29) is 0 Å². The summed E-state index contributed by atoms with van der Waals surface area (Å²) in [6.45, 7) is 4.42. The molecule has 1 N–H and O–H groups in total. The Morgan fingerprint density at radius 1 is 1.20 bits per heavy atom. The van der Waals surface area contributed by atoms with Crippen molar-refractivity contribution in [2.24, 2.45) is 0 Å². The number of hydrogen-bond donors (Lipinski definition) is 1. The van der Waals surface area contributed by atoms with E-state index in [1.165, 1.54) is 11.3 Å². The van der Waals surface area contributed by atoms with Gasteiger partial charge in [0, 0.05) is 12.2 Å². The standard InChI is InChI=1S/C16H19N3O/c1-2-14-13-8-9-17-10-15(13)19-16(18-14)11-20-12-6-4-3-5-7-12/h3-7,17H,2,8-11H2,1H3. The Balaban J connectivity index is 1.79. The molecule has 4 heteroatoms. The number of aromatic nitrogens is 2. The molecule has 20 heavy (non-hydrogen) atoms. The monoisotopic (exact) mass is 269 g/mol. The maximum Gasteiger partial charge on any atom is 0.166 e. The topological polar surface area (TPSA) is 47.0 Å². The minimum absolute atomic E-state index is 0.421. The smallest absolute Gasteiger partial charge is 0.166 e. The highest BCUT2D eigenvalue weighted by Crippen LogP contribution is 2.17. The van der Waals surface area contributed by atoms with Crippen molar-refractivity contribution >= 4 is 0 Å². The van der Waals surface area contributed by atoms with Gasteiger partial charge in [0.2, 0.25) is 0 Å². The minimum atomic E-state index is 0.421. The van der Waals surface area contributed by atoms with E-state index in [4.69, 9.17) is 4.74 Å². The summed E-state index contributed by atoms with van der Waals surface area (Å²) < 4.78 is 5.74. The first-order chi connectivity index (χ1) is 9.86. The van der Waals surface area contributed by atoms with Gasteiger partial charge in [0.1, 0.15) is 12.4 Å². The van der Waals surface area contributed by atoms with Gasteiger partial charge in [0.05, 0.1) is 5.69 Å². The Hall–Kier alpha value is -1.94. The lowest BCUT2D eigenvalue weighted by Gasteiger charge is -2.19. The van der Waals surface area contributed by atoms with Crippen molar-refractivity contribution in [2.45, 2.75) is 32.9 Å². The second kappa shape index (κ2) is 6.01. The van der Waals surface area contributed by atoms with Crippen molar-refractivity contribution in [2.75, 3.05) is 6.54 Å². The Labute approximate surface area is 119 Å². The normalized spacial score (nSPS) is 13.8. The third kappa shape index (κ3) is 2.80. The Bertz CT molecular complexity index is 567. The van der Waals surface area contributed by atoms with Crippen molar-refractivity contribution in [3.63, 3.8) is 0 Å². The number of para-hydroxylation sites is 1. The van der Waals surface area contributed by atoms with Crippen LogP contribution in [0.5, 0.6) is 5.75 Å². The summed E-state index contributed by atoms with van der Waals surface area (Å²) in [7, 11) is 0. The molecule has 1 aliphatic rings. The highest BCUT2D eigenvalue weighted by molar-refractivity contribution is 5.28. The second-order valence-electron chi connectivity index (χ2n) is 4.89. The van der Waals surface area contributed by atoms with Crippen LogP contribution in [0.2, 0.25) is 0 Å². The van der Waals surface area contributed by atoms with E-state index in [1.807, 2.05) is 30.3 Å². The summed E-state index contributed by atoms with van der Waals surface area (Å²) in [5.41, 5.74) is 3.63. The average molecular weight is 269 g/mol. The molecule has 0 saturated heterocycles. The van der Waals surface area contributed by atoms with Crippen LogP contribution in [0.1, 0.15) is 29.7 Å². The van der Waals surface area contributed by atoms with E-state index in [0.29, 0.717) is 6.61 Å². The zero-order valence-corrected chi connectivity index (χ0v) is 11.7. The number of nitrogens with one attached hydrogen (secondary N) is 1. The quantitative estimate of drug-likeness (QED) is 0.925. The van der Waals surface area contributed by atoms with Gasteiger partial charge in [0.15, 0.2) is 5.82 Å². The lowest BCUT2D eigenvalue weighted by atomic mass is 10.0. The zero-order valence-electron chi connectivity index (χ0n) is 11.7. The van der Waals surface area contributed by atoms with Crippen LogP contribution in [0, 0.1) is 0 Å². The largest absolute Gasteiger partial charge is 0.486 e. The predicted molar refractivity (Wildman–Crippen MR) is 77.6 cm³/mol. The van der Waals surface area contributed by atoms with E-state index < -0.39 is 0 Å². The van der Waals surface area contributed by atoms with Crippen LogP contribution >= 0.6 is 0 Å². The van der Waals surface area contributed by atoms with Crippen LogP contribution in [0.25, 0.3) is 0 Å². The Morgan fingerprint density at radius 2 is 2.05 bits per heavy atom. The zero-order chi connectivity index (χ0) is 13.8. The fraction of sp³-hybridized carbons (Fsp3) is 0.375. The van der Waals surface area contributed by atoms with Gasteiger partial charge in [-0.3, -0.25) is 0 Å². The fourth-order valence-electron chi connectivity index (χ4n) is 2.51. The van der Waals surface area contributed by atoms with Gasteiger partial charge >= 0.3 is 0 Å². The van der Waals surface area contributed by atoms with Gasteiger partial charge in [-0.25, -0.2) is 9.97 Å². The van der Waals surface area contributed by atoms with E-state index in [0.717, 1.165) is 43.2 Å². The highest BCUT2D eigenvalue weighted by atomic mass is 16.5. The maximum atomic E-state index is 5.74. The molecule has 4 nitrogen and oxygen atoms in total. The third-order valence-electron chi connectivity index (χ3n) is 3.51. The molecule has 0 fully saturated rings. The van der Waals surface area contributed by atoms with Gasteiger partial charge < -0.3 is 10.1 Å². The lowest BCUT2D eigenvalue weighted by Crippen LogP contribution is -2.27. The van der Waals surface area contributed by atoms with E-state index in [1.54, 1.807) is 0 Å². The lowest BCUT2D eigenvalue weighted by molar-refractivity contribution is 0.294. The molecule has 1 aliphatic heterocycles. The number of hydrogen-bond acceptors (Lipinski definition) is 4. The Morgan fingerprint density at radius 3 is 2.85 bits per heavy atom. The summed E-state index contributed by atoms with van der Waals surface area (Å²) in [6, 6.07) is 9.79. The number of nitrogens with zero attached hydrogens (tertiary/aromatic N) is 2. The van der Waals surface area contributed by atoms with E-state index in [9.17, 15) is 0 Å². The SMILES string of the molecule is CCc1nc(COc2ccccc2)nc2c1CCNC2. The number of aryl methyl sites for hydroxylation is 1. The molecule has 0 amide bonds. The van der Waals surface area contributed by atoms with Gasteiger partial charge in [-0.05, 0) is 37.1 Å². The van der Waals surface area contributed by atoms with Crippen molar-refractivity contribution < 1.29 is 4.74 Å². The summed E-state index contributed by atoms with van der Waals surface area (Å²) in [5, 5.41) is 3.36. The van der Waals surface area contributed by atoms with Crippen molar-refractivity contribution in [1.29, 1.82) is 0 Å². The van der Waals surface area contributed by atoms with Crippen LogP contribution in [-0.4, -0.2) is 16.5 Å². The first-order valence-electron chi connectivity index (χ1n) is 7.13. The molecule has 0 atom stereocenters. The van der Waals surface area contributed by atoms with Crippen LogP contribution in [-0.2, 0) is 26.0 Å². The molecule has 0 saturated carbocycles. The average Bonchev–Trinajstić information content (AvgIpc) is 2.53. The molecule has 2 heterocycles. The summed E-state index contributed by atoms with van der Waals surface area (Å²) in [4.78, 5) is 9.29. The number of benzene rings is 1. The fourth-order valence-corrected chi connectivity index (χ4v) is 2.51. The first kappa shape index (κ1) is 13.1. The molecule has 0 aliphatic carbocycles. The molecule has 1 aromatic carbocycles. The van der Waals surface area contributed by atoms with Crippen molar-refractivity contribution in [3.8, 4) is 5.75 Å². The van der Waals surface area contributed by atoms with E-state index >= 15 is 0 Å². The van der Waals surface area contributed by atoms with Gasteiger partial charge in [-0.1, -0.05) is 25.1 Å². The molecule has 0 radical (unpaired) electrons. The van der Waals surface area contributed by atoms with Crippen LogP contribution < -0.4 is 10.1 Å². The minimum Gasteiger partial charge on any atom is -0.486 e. The van der Waals surface area contributed by atoms with Gasteiger partial charge in [0.25, 0.3) is 0 Å². The molecule has 3 rings (SSSR count). The molecular weight excluding hydrogens is 250 g/mol. The molecular formula is C16H19N3O. The summed E-state index contributed by atoms with van der Waals surface area (Å²) >= 11 is 0. The number of rotatable bonds is 4. The van der Waals surface area contributed by atoms with Crippen molar-refractivity contribution in [1.82, 2.24) is 15.3 Å². The molecule has 1 aromatic heterocycles. The molecule has 0 unspecified atom stereocenters. The molecule has 2 aromatic rings. The number of ether oxygens (including phenoxy) is 1. The Kier molecular flexibility index (Phi) is 3.92. The van der Waals surface area contributed by atoms with Gasteiger partial charge in [-0.15, -0.1) is 0 Å². The van der Waals surface area contributed by atoms with E-state index in [2.05, 4.69) is 22.2 Å². The second-order valence-corrected chi connectivity index (χ2v) is 4.89. The predicted octanol–water partition coefficient (Wildman–Crippen LogP) is 2.26. The summed E-state index contributed by atoms with van der Waals surface area (Å²) in [5.74, 6) is 1.62. The number of fused-ring (bicyclic) bond motifs is 1. The van der Waals surface area contributed by atoms with Crippen LogP contribution in [0.4, 0.5) is 0 Å². The summed E-state index contributed by atoms with van der Waals surface area (Å²) in [6.07, 6.45) is 1.97. The van der Waals surface area contributed by atoms with Crippen LogP contribution in [0.15, 0.2) is 30.3 Å². The first-order valence-corrected chi connectivity index (χ1v) is 7.13. The highest BCUT2D eigenvalue weighted by Gasteiger charge is 2.16. The molecule has 0 spiro atoms. The van der Waals surface area contributed by atoms with Crippen molar-refractivity contribution in [3.05, 3.63) is 53.1 Å². The molecule has 104 valence electrons. The van der Waals surface area contributed by atoms with Gasteiger partial charge in [-0.2, -0.15) is 0 Å². The third-order valence-corrected chi connectivity index (χ3v) is 3.51.